The molecule has 1 N–H and O–H groups in total. The van der Waals surface area contributed by atoms with Gasteiger partial charge in [-0.1, -0.05) is 28.1 Å². The van der Waals surface area contributed by atoms with Gasteiger partial charge in [0.15, 0.2) is 0 Å². The van der Waals surface area contributed by atoms with Crippen LogP contribution in [-0.2, 0) is 11.3 Å². The molecule has 2 aromatic heterocycles. The van der Waals surface area contributed by atoms with Crippen LogP contribution in [-0.4, -0.2) is 31.3 Å². The van der Waals surface area contributed by atoms with Crippen molar-refractivity contribution in [3.8, 4) is 11.3 Å². The van der Waals surface area contributed by atoms with E-state index in [0.29, 0.717) is 11.2 Å². The van der Waals surface area contributed by atoms with Crippen molar-refractivity contribution in [1.29, 1.82) is 0 Å². The molecular weight excluding hydrogens is 374 g/mol. The van der Waals surface area contributed by atoms with Crippen LogP contribution in [0.4, 0.5) is 0 Å². The van der Waals surface area contributed by atoms with Gasteiger partial charge in [-0.05, 0) is 32.0 Å². The van der Waals surface area contributed by atoms with E-state index >= 15 is 0 Å². The van der Waals surface area contributed by atoms with Crippen LogP contribution >= 0.6 is 15.9 Å². The van der Waals surface area contributed by atoms with Crippen molar-refractivity contribution in [2.75, 3.05) is 0 Å². The van der Waals surface area contributed by atoms with Gasteiger partial charge in [-0.25, -0.2) is 9.20 Å². The van der Waals surface area contributed by atoms with Gasteiger partial charge in [0.2, 0.25) is 5.91 Å². The van der Waals surface area contributed by atoms with Gasteiger partial charge in [0.1, 0.15) is 18.4 Å². The number of nitrogens with one attached hydrogen (secondary N) is 1. The molecule has 24 heavy (non-hydrogen) atoms. The summed E-state index contributed by atoms with van der Waals surface area (Å²) in [5.41, 5.74) is 1.59. The molecule has 0 saturated heterocycles. The minimum absolute atomic E-state index is 0.0101. The number of aromatic nitrogens is 4. The van der Waals surface area contributed by atoms with Crippen LogP contribution in [0.1, 0.15) is 13.8 Å². The summed E-state index contributed by atoms with van der Waals surface area (Å²) in [6.07, 6.45) is 1.43. The zero-order chi connectivity index (χ0) is 17.3. The smallest absolute Gasteiger partial charge is 0.293 e. The third kappa shape index (κ3) is 3.38. The molecule has 7 nitrogen and oxygen atoms in total. The summed E-state index contributed by atoms with van der Waals surface area (Å²) in [5.74, 6) is -0.253. The van der Waals surface area contributed by atoms with Crippen LogP contribution in [0.3, 0.4) is 0 Å². The van der Waals surface area contributed by atoms with Crippen LogP contribution in [0.2, 0.25) is 0 Å². The number of hydrogen-bond donors (Lipinski definition) is 1. The van der Waals surface area contributed by atoms with Gasteiger partial charge in [0.25, 0.3) is 5.56 Å². The molecular formula is C16H16BrN5O2. The lowest BCUT2D eigenvalue weighted by Crippen LogP contribution is -2.37. The predicted molar refractivity (Wildman–Crippen MR) is 93.7 cm³/mol. The Hall–Kier alpha value is -2.48. The molecule has 1 amide bonds. The van der Waals surface area contributed by atoms with Crippen molar-refractivity contribution in [2.24, 2.45) is 0 Å². The molecule has 1 aromatic carbocycles. The molecule has 0 aliphatic rings. The third-order valence-corrected chi connectivity index (χ3v) is 3.90. The second kappa shape index (κ2) is 6.56. The number of amides is 1. The fourth-order valence-electron chi connectivity index (χ4n) is 2.32. The second-order valence-corrected chi connectivity index (χ2v) is 6.60. The van der Waals surface area contributed by atoms with Crippen LogP contribution < -0.4 is 10.9 Å². The zero-order valence-corrected chi connectivity index (χ0v) is 14.8. The molecule has 0 aliphatic carbocycles. The maximum atomic E-state index is 12.5. The Morgan fingerprint density at radius 2 is 2.00 bits per heavy atom. The van der Waals surface area contributed by atoms with Gasteiger partial charge in [-0.15, -0.1) is 0 Å². The number of hydrogen-bond acceptors (Lipinski definition) is 4. The summed E-state index contributed by atoms with van der Waals surface area (Å²) in [7, 11) is 0. The Balaban J connectivity index is 1.96. The minimum Gasteiger partial charge on any atom is -0.352 e. The first-order valence-corrected chi connectivity index (χ1v) is 8.24. The average Bonchev–Trinajstić information content (AvgIpc) is 2.95. The van der Waals surface area contributed by atoms with Crippen molar-refractivity contribution in [2.45, 2.75) is 26.4 Å². The fourth-order valence-corrected chi connectivity index (χ4v) is 2.58. The van der Waals surface area contributed by atoms with Crippen LogP contribution in [0.25, 0.3) is 16.8 Å². The van der Waals surface area contributed by atoms with E-state index < -0.39 is 0 Å². The van der Waals surface area contributed by atoms with Crippen LogP contribution in [0.15, 0.2) is 45.9 Å². The monoisotopic (exact) mass is 389 g/mol. The van der Waals surface area contributed by atoms with Gasteiger partial charge in [-0.3, -0.25) is 9.59 Å². The maximum absolute atomic E-state index is 12.5. The molecule has 0 saturated carbocycles. The highest BCUT2D eigenvalue weighted by molar-refractivity contribution is 9.10. The normalized spacial score (nSPS) is 11.2. The number of nitrogens with zero attached hydrogens (tertiary/aromatic N) is 4. The summed E-state index contributed by atoms with van der Waals surface area (Å²) in [6, 6.07) is 9.35. The molecule has 0 aliphatic heterocycles. The molecule has 124 valence electrons. The highest BCUT2D eigenvalue weighted by atomic mass is 79.9. The van der Waals surface area contributed by atoms with E-state index in [0.717, 1.165) is 14.7 Å². The maximum Gasteiger partial charge on any atom is 0.293 e. The van der Waals surface area contributed by atoms with E-state index in [-0.39, 0.29) is 24.1 Å². The van der Waals surface area contributed by atoms with E-state index in [1.165, 1.54) is 10.8 Å². The Morgan fingerprint density at radius 3 is 2.67 bits per heavy atom. The van der Waals surface area contributed by atoms with Crippen LogP contribution in [0, 0.1) is 0 Å². The molecule has 0 bridgehead atoms. The molecule has 0 unspecified atom stereocenters. The highest BCUT2D eigenvalue weighted by Crippen LogP contribution is 2.20. The summed E-state index contributed by atoms with van der Waals surface area (Å²) in [6.45, 7) is 3.60. The van der Waals surface area contributed by atoms with E-state index in [1.807, 2.05) is 38.1 Å². The Labute approximate surface area is 146 Å². The van der Waals surface area contributed by atoms with Crippen molar-refractivity contribution in [1.82, 2.24) is 24.7 Å². The lowest BCUT2D eigenvalue weighted by atomic mass is 10.1. The molecule has 2 heterocycles. The van der Waals surface area contributed by atoms with E-state index in [2.05, 4.69) is 31.4 Å². The van der Waals surface area contributed by atoms with Crippen molar-refractivity contribution in [3.05, 3.63) is 51.5 Å². The lowest BCUT2D eigenvalue weighted by Gasteiger charge is -2.08. The summed E-state index contributed by atoms with van der Waals surface area (Å²) in [4.78, 5) is 24.3. The largest absolute Gasteiger partial charge is 0.352 e. The number of fused-ring (bicyclic) bond motifs is 1. The average molecular weight is 390 g/mol. The first-order valence-electron chi connectivity index (χ1n) is 7.45. The Bertz CT molecular complexity index is 943. The summed E-state index contributed by atoms with van der Waals surface area (Å²) >= 11 is 3.39. The van der Waals surface area contributed by atoms with Crippen molar-refractivity contribution >= 4 is 27.4 Å². The predicted octanol–water partition coefficient (Wildman–Crippen LogP) is 1.85. The molecule has 3 rings (SSSR count). The first kappa shape index (κ1) is 16.4. The molecule has 8 heteroatoms. The molecule has 0 atom stereocenters. The highest BCUT2D eigenvalue weighted by Gasteiger charge is 2.12. The number of rotatable bonds is 4. The second-order valence-electron chi connectivity index (χ2n) is 5.68. The lowest BCUT2D eigenvalue weighted by molar-refractivity contribution is -0.122. The standard InChI is InChI=1S/C16H16BrN5O2/c1-10(2)19-15(23)8-21-16(24)14-7-13(20-22(14)9-18-21)11-3-5-12(17)6-4-11/h3-7,9-10H,8H2,1-2H3,(H,19,23). The van der Waals surface area contributed by atoms with E-state index in [1.54, 1.807) is 6.07 Å². The first-order chi connectivity index (χ1) is 11.4. The molecule has 3 aromatic rings. The Kier molecular flexibility index (Phi) is 4.48. The molecule has 0 radical (unpaired) electrons. The summed E-state index contributed by atoms with van der Waals surface area (Å²) < 4.78 is 3.53. The summed E-state index contributed by atoms with van der Waals surface area (Å²) in [5, 5.41) is 11.1. The van der Waals surface area contributed by atoms with E-state index in [9.17, 15) is 9.59 Å². The van der Waals surface area contributed by atoms with E-state index in [4.69, 9.17) is 0 Å². The van der Waals surface area contributed by atoms with Gasteiger partial charge < -0.3 is 5.32 Å². The quantitative estimate of drug-likeness (QED) is 0.737. The van der Waals surface area contributed by atoms with Gasteiger partial charge in [-0.2, -0.15) is 10.2 Å². The number of carbonyl (C=O) groups excluding carboxylic acids is 1. The fraction of sp³-hybridized carbons (Fsp3) is 0.250. The Morgan fingerprint density at radius 1 is 1.29 bits per heavy atom. The van der Waals surface area contributed by atoms with Crippen molar-refractivity contribution in [3.63, 3.8) is 0 Å². The molecule has 0 spiro atoms. The zero-order valence-electron chi connectivity index (χ0n) is 13.2. The topological polar surface area (TPSA) is 81.3 Å². The third-order valence-electron chi connectivity index (χ3n) is 3.37. The van der Waals surface area contributed by atoms with Crippen molar-refractivity contribution < 1.29 is 4.79 Å². The van der Waals surface area contributed by atoms with Gasteiger partial charge in [0.05, 0.1) is 5.69 Å². The van der Waals surface area contributed by atoms with Gasteiger partial charge in [0, 0.05) is 16.1 Å². The number of benzene rings is 1. The van der Waals surface area contributed by atoms with Gasteiger partial charge >= 0.3 is 0 Å². The van der Waals surface area contributed by atoms with Crippen LogP contribution in [0.5, 0.6) is 0 Å². The SMILES string of the molecule is CC(C)NC(=O)Cn1ncn2nc(-c3ccc(Br)cc3)cc2c1=O. The minimum atomic E-state index is -0.354. The molecule has 0 fully saturated rings. The number of carbonyl (C=O) groups is 1. The number of halogens is 1.